The molecule has 0 amide bonds. The molecule has 0 heterocycles. The Morgan fingerprint density at radius 3 is 2.15 bits per heavy atom. The van der Waals surface area contributed by atoms with Crippen molar-refractivity contribution in [2.24, 2.45) is 0 Å². The maximum atomic E-state index is 12.4. The molecule has 0 spiro atoms. The number of methoxy groups -OCH3 is 2. The Kier molecular flexibility index (Phi) is 6.19. The van der Waals surface area contributed by atoms with Gasteiger partial charge in [-0.3, -0.25) is 0 Å². The van der Waals surface area contributed by atoms with Gasteiger partial charge in [-0.05, 0) is 36.4 Å². The summed E-state index contributed by atoms with van der Waals surface area (Å²) in [6.07, 6.45) is 0. The molecule has 0 unspecified atom stereocenters. The molecular formula is C18H19NO7S. The number of ether oxygens (including phenoxy) is 3. The van der Waals surface area contributed by atoms with E-state index < -0.39 is 22.0 Å². The van der Waals surface area contributed by atoms with Crippen LogP contribution in [0.15, 0.2) is 47.4 Å². The smallest absolute Gasteiger partial charge is 0.343 e. The van der Waals surface area contributed by atoms with Crippen molar-refractivity contribution < 1.29 is 32.2 Å². The van der Waals surface area contributed by atoms with Crippen molar-refractivity contribution in [3.05, 3.63) is 53.6 Å². The molecule has 0 aliphatic carbocycles. The van der Waals surface area contributed by atoms with Crippen LogP contribution in [0, 0.1) is 0 Å². The highest BCUT2D eigenvalue weighted by Gasteiger charge is 2.20. The minimum absolute atomic E-state index is 0.0324. The molecule has 27 heavy (non-hydrogen) atoms. The molecule has 0 fully saturated rings. The molecule has 9 heteroatoms. The molecule has 0 radical (unpaired) electrons. The summed E-state index contributed by atoms with van der Waals surface area (Å²) in [7, 11) is 1.71. The third-order valence-corrected chi connectivity index (χ3v) is 5.45. The fourth-order valence-electron chi connectivity index (χ4n) is 2.15. The molecule has 0 atom stereocenters. The highest BCUT2D eigenvalue weighted by atomic mass is 32.2. The summed E-state index contributed by atoms with van der Waals surface area (Å²) in [5, 5.41) is 0. The maximum absolute atomic E-state index is 12.4. The zero-order valence-electron chi connectivity index (χ0n) is 15.3. The molecular weight excluding hydrogens is 374 g/mol. The number of carbonyl (C=O) groups is 2. The van der Waals surface area contributed by atoms with Crippen molar-refractivity contribution in [3.63, 3.8) is 0 Å². The van der Waals surface area contributed by atoms with Crippen LogP contribution in [-0.4, -0.2) is 53.0 Å². The summed E-state index contributed by atoms with van der Waals surface area (Å²) in [6.45, 7) is 0. The van der Waals surface area contributed by atoms with Crippen molar-refractivity contribution in [2.45, 2.75) is 4.90 Å². The summed E-state index contributed by atoms with van der Waals surface area (Å²) < 4.78 is 40.5. The Morgan fingerprint density at radius 2 is 1.56 bits per heavy atom. The minimum Gasteiger partial charge on any atom is -0.493 e. The van der Waals surface area contributed by atoms with Gasteiger partial charge >= 0.3 is 11.9 Å². The van der Waals surface area contributed by atoms with Crippen molar-refractivity contribution in [1.29, 1.82) is 0 Å². The third kappa shape index (κ3) is 4.44. The predicted molar refractivity (Wildman–Crippen MR) is 96.6 cm³/mol. The number of hydrogen-bond acceptors (Lipinski definition) is 7. The van der Waals surface area contributed by atoms with E-state index >= 15 is 0 Å². The summed E-state index contributed by atoms with van der Waals surface area (Å²) in [6, 6.07) is 9.69. The average molecular weight is 393 g/mol. The third-order valence-electron chi connectivity index (χ3n) is 3.64. The van der Waals surface area contributed by atoms with Gasteiger partial charge in [0.15, 0.2) is 11.5 Å². The molecule has 2 aromatic rings. The number of carbonyl (C=O) groups excluding carboxylic acids is 2. The van der Waals surface area contributed by atoms with E-state index in [0.29, 0.717) is 0 Å². The molecule has 0 aliphatic heterocycles. The normalized spacial score (nSPS) is 11.1. The van der Waals surface area contributed by atoms with Crippen LogP contribution in [0.4, 0.5) is 0 Å². The van der Waals surface area contributed by atoms with E-state index in [1.165, 1.54) is 70.8 Å². The summed E-state index contributed by atoms with van der Waals surface area (Å²) in [5.41, 5.74) is 0.283. The van der Waals surface area contributed by atoms with Crippen LogP contribution in [0.25, 0.3) is 0 Å². The lowest BCUT2D eigenvalue weighted by Gasteiger charge is -2.13. The largest absolute Gasteiger partial charge is 0.493 e. The lowest BCUT2D eigenvalue weighted by molar-refractivity contribution is 0.0600. The van der Waals surface area contributed by atoms with Gasteiger partial charge in [0.25, 0.3) is 0 Å². The van der Waals surface area contributed by atoms with Crippen LogP contribution < -0.4 is 9.47 Å². The van der Waals surface area contributed by atoms with Crippen molar-refractivity contribution in [2.75, 3.05) is 28.3 Å². The van der Waals surface area contributed by atoms with Crippen LogP contribution in [-0.2, 0) is 14.8 Å². The van der Waals surface area contributed by atoms with Gasteiger partial charge in [-0.2, -0.15) is 0 Å². The Balaban J connectivity index is 2.32. The number of esters is 2. The number of sulfonamides is 1. The first kappa shape index (κ1) is 20.4. The van der Waals surface area contributed by atoms with Crippen LogP contribution in [0.2, 0.25) is 0 Å². The molecule has 8 nitrogen and oxygen atoms in total. The molecule has 2 rings (SSSR count). The second kappa shape index (κ2) is 8.19. The van der Waals surface area contributed by atoms with Gasteiger partial charge in [0, 0.05) is 14.1 Å². The van der Waals surface area contributed by atoms with E-state index in [1.54, 1.807) is 0 Å². The first-order chi connectivity index (χ1) is 12.7. The van der Waals surface area contributed by atoms with Gasteiger partial charge in [0.2, 0.25) is 10.0 Å². The first-order valence-corrected chi connectivity index (χ1v) is 9.16. The second-order valence-electron chi connectivity index (χ2n) is 5.56. The van der Waals surface area contributed by atoms with Gasteiger partial charge in [-0.15, -0.1) is 0 Å². The molecule has 0 N–H and O–H groups in total. The summed E-state index contributed by atoms with van der Waals surface area (Å²) >= 11 is 0. The van der Waals surface area contributed by atoms with E-state index in [1.807, 2.05) is 0 Å². The SMILES string of the molecule is COC(=O)c1ccc(OC(=O)c2cccc(S(=O)(=O)N(C)C)c2)c(OC)c1. The molecule has 0 bridgehead atoms. The molecule has 0 saturated carbocycles. The van der Waals surface area contributed by atoms with Crippen molar-refractivity contribution >= 4 is 22.0 Å². The number of rotatable bonds is 6. The number of benzene rings is 2. The maximum Gasteiger partial charge on any atom is 0.343 e. The molecule has 0 aliphatic rings. The van der Waals surface area contributed by atoms with Crippen LogP contribution in [0.3, 0.4) is 0 Å². The van der Waals surface area contributed by atoms with Gasteiger partial charge < -0.3 is 14.2 Å². The second-order valence-corrected chi connectivity index (χ2v) is 7.71. The topological polar surface area (TPSA) is 99.2 Å². The van der Waals surface area contributed by atoms with Crippen LogP contribution >= 0.6 is 0 Å². The van der Waals surface area contributed by atoms with E-state index in [4.69, 9.17) is 9.47 Å². The number of nitrogens with zero attached hydrogens (tertiary/aromatic N) is 1. The fraction of sp³-hybridized carbons (Fsp3) is 0.222. The van der Waals surface area contributed by atoms with Gasteiger partial charge in [-0.25, -0.2) is 22.3 Å². The van der Waals surface area contributed by atoms with Crippen LogP contribution in [0.5, 0.6) is 11.5 Å². The van der Waals surface area contributed by atoms with Crippen molar-refractivity contribution in [3.8, 4) is 11.5 Å². The minimum atomic E-state index is -3.69. The number of hydrogen-bond donors (Lipinski definition) is 0. The molecule has 0 saturated heterocycles. The molecule has 2 aromatic carbocycles. The summed E-state index contributed by atoms with van der Waals surface area (Å²) in [5.74, 6) is -1.10. The standard InChI is InChI=1S/C18H19NO7S/c1-19(2)27(22,23)14-7-5-6-12(10-14)18(21)26-15-9-8-13(17(20)25-4)11-16(15)24-3/h5-11H,1-4H3. The highest BCUT2D eigenvalue weighted by Crippen LogP contribution is 2.29. The zero-order chi connectivity index (χ0) is 20.2. The Labute approximate surface area is 157 Å². The average Bonchev–Trinajstić information content (AvgIpc) is 2.67. The molecule has 0 aromatic heterocycles. The Bertz CT molecular complexity index is 967. The molecule has 144 valence electrons. The van der Waals surface area contributed by atoms with E-state index in [2.05, 4.69) is 4.74 Å². The van der Waals surface area contributed by atoms with Crippen LogP contribution in [0.1, 0.15) is 20.7 Å². The lowest BCUT2D eigenvalue weighted by atomic mass is 10.2. The zero-order valence-corrected chi connectivity index (χ0v) is 16.1. The lowest BCUT2D eigenvalue weighted by Crippen LogP contribution is -2.22. The van der Waals surface area contributed by atoms with E-state index in [-0.39, 0.29) is 27.5 Å². The Morgan fingerprint density at radius 1 is 0.889 bits per heavy atom. The highest BCUT2D eigenvalue weighted by molar-refractivity contribution is 7.89. The van der Waals surface area contributed by atoms with Gasteiger partial charge in [0.05, 0.1) is 30.2 Å². The van der Waals surface area contributed by atoms with Gasteiger partial charge in [0.1, 0.15) is 0 Å². The van der Waals surface area contributed by atoms with E-state index in [9.17, 15) is 18.0 Å². The summed E-state index contributed by atoms with van der Waals surface area (Å²) in [4.78, 5) is 24.0. The Hall–Kier alpha value is -2.91. The monoisotopic (exact) mass is 393 g/mol. The van der Waals surface area contributed by atoms with E-state index in [0.717, 1.165) is 4.31 Å². The first-order valence-electron chi connectivity index (χ1n) is 7.72. The quantitative estimate of drug-likeness (QED) is 0.546. The van der Waals surface area contributed by atoms with Gasteiger partial charge in [-0.1, -0.05) is 6.07 Å². The predicted octanol–water partition coefficient (Wildman–Crippen LogP) is 1.95. The fourth-order valence-corrected chi connectivity index (χ4v) is 3.10. The van der Waals surface area contributed by atoms with Crippen molar-refractivity contribution in [1.82, 2.24) is 4.31 Å².